The molecule has 9 atom stereocenters. The van der Waals surface area contributed by atoms with Crippen molar-refractivity contribution in [2.24, 2.45) is 28.6 Å². The Bertz CT molecular complexity index is 994. The Morgan fingerprint density at radius 1 is 1.23 bits per heavy atom. The summed E-state index contributed by atoms with van der Waals surface area (Å²) in [6, 6.07) is 0. The molecule has 4 rings (SSSR count). The molecule has 7 nitrogen and oxygen atoms in total. The Morgan fingerprint density at radius 2 is 1.91 bits per heavy atom. The van der Waals surface area contributed by atoms with Gasteiger partial charge in [-0.05, 0) is 56.3 Å². The van der Waals surface area contributed by atoms with Gasteiger partial charge in [-0.25, -0.2) is 13.6 Å². The summed E-state index contributed by atoms with van der Waals surface area (Å²) in [7, 11) is 0. The van der Waals surface area contributed by atoms with Crippen molar-refractivity contribution in [3.63, 3.8) is 0 Å². The van der Waals surface area contributed by atoms with Gasteiger partial charge in [-0.1, -0.05) is 26.8 Å². The van der Waals surface area contributed by atoms with Crippen molar-refractivity contribution in [2.75, 3.05) is 13.2 Å². The number of fused-ring (bicyclic) bond motifs is 5. The van der Waals surface area contributed by atoms with E-state index >= 15 is 8.78 Å². The van der Waals surface area contributed by atoms with Crippen LogP contribution in [0.25, 0.3) is 0 Å². The average Bonchev–Trinajstić information content (AvgIpc) is 3.02. The molecular weight excluding hydrogens is 462 g/mol. The maximum absolute atomic E-state index is 17.2. The van der Waals surface area contributed by atoms with E-state index in [1.807, 2.05) is 0 Å². The molecule has 0 amide bonds. The van der Waals surface area contributed by atoms with Gasteiger partial charge < -0.3 is 19.7 Å². The zero-order valence-electron chi connectivity index (χ0n) is 20.6. The molecule has 0 aromatic heterocycles. The van der Waals surface area contributed by atoms with E-state index in [0.29, 0.717) is 6.42 Å². The van der Waals surface area contributed by atoms with Gasteiger partial charge in [0, 0.05) is 22.7 Å². The number of carbonyl (C=O) groups excluding carboxylic acids is 3. The number of ketones is 2. The topological polar surface area (TPSA) is 110 Å². The van der Waals surface area contributed by atoms with Gasteiger partial charge >= 0.3 is 6.16 Å². The smallest absolute Gasteiger partial charge is 0.434 e. The van der Waals surface area contributed by atoms with Crippen LogP contribution in [0.4, 0.5) is 13.6 Å². The Hall–Kier alpha value is -2.13. The Labute approximate surface area is 203 Å². The van der Waals surface area contributed by atoms with Gasteiger partial charge in [0.1, 0.15) is 12.8 Å². The summed E-state index contributed by atoms with van der Waals surface area (Å²) >= 11 is 0. The molecule has 3 fully saturated rings. The molecule has 0 spiro atoms. The third-order valence-electron chi connectivity index (χ3n) is 9.39. The second kappa shape index (κ2) is 8.47. The molecule has 2 N–H and O–H groups in total. The summed E-state index contributed by atoms with van der Waals surface area (Å²) in [5.41, 5.74) is -7.03. The number of hydrogen-bond donors (Lipinski definition) is 2. The molecule has 0 aliphatic heterocycles. The Morgan fingerprint density at radius 3 is 2.54 bits per heavy atom. The van der Waals surface area contributed by atoms with Crippen molar-refractivity contribution in [2.45, 2.75) is 76.9 Å². The molecule has 4 aliphatic carbocycles. The molecule has 0 radical (unpaired) electrons. The van der Waals surface area contributed by atoms with Crippen LogP contribution >= 0.6 is 0 Å². The third-order valence-corrected chi connectivity index (χ3v) is 9.39. The quantitative estimate of drug-likeness (QED) is 0.561. The minimum atomic E-state index is -2.32. The van der Waals surface area contributed by atoms with Crippen molar-refractivity contribution < 1.29 is 42.9 Å². The zero-order chi connectivity index (χ0) is 26.0. The second-order valence-corrected chi connectivity index (χ2v) is 11.0. The van der Waals surface area contributed by atoms with Gasteiger partial charge in [0.15, 0.2) is 17.1 Å². The summed E-state index contributed by atoms with van der Waals surface area (Å²) in [5.74, 6) is -3.52. The van der Waals surface area contributed by atoms with Crippen molar-refractivity contribution in [3.05, 3.63) is 23.8 Å². The normalized spacial score (nSPS) is 46.2. The van der Waals surface area contributed by atoms with Crippen LogP contribution in [0.15, 0.2) is 23.8 Å². The van der Waals surface area contributed by atoms with E-state index in [-0.39, 0.29) is 31.4 Å². The van der Waals surface area contributed by atoms with E-state index in [2.05, 4.69) is 0 Å². The lowest BCUT2D eigenvalue weighted by Crippen LogP contribution is -2.71. The summed E-state index contributed by atoms with van der Waals surface area (Å²) in [6.45, 7) is 5.76. The van der Waals surface area contributed by atoms with Gasteiger partial charge in [0.25, 0.3) is 0 Å². The predicted molar refractivity (Wildman–Crippen MR) is 121 cm³/mol. The van der Waals surface area contributed by atoms with Crippen LogP contribution in [0.1, 0.15) is 53.4 Å². The molecule has 0 aromatic carbocycles. The first kappa shape index (κ1) is 25.9. The molecule has 9 heteroatoms. The van der Waals surface area contributed by atoms with Crippen molar-refractivity contribution in [1.82, 2.24) is 0 Å². The molecule has 0 saturated heterocycles. The summed E-state index contributed by atoms with van der Waals surface area (Å²) in [5, 5.41) is 21.2. The van der Waals surface area contributed by atoms with E-state index in [9.17, 15) is 24.6 Å². The van der Waals surface area contributed by atoms with Crippen LogP contribution in [0.2, 0.25) is 0 Å². The third kappa shape index (κ3) is 3.23. The fourth-order valence-corrected chi connectivity index (χ4v) is 7.86. The van der Waals surface area contributed by atoms with Crippen LogP contribution in [-0.2, 0) is 19.1 Å². The fraction of sp³-hybridized carbons (Fsp3) is 0.731. The molecule has 194 valence electrons. The monoisotopic (exact) mass is 496 g/mol. The molecule has 0 unspecified atom stereocenters. The van der Waals surface area contributed by atoms with Crippen LogP contribution in [0.3, 0.4) is 0 Å². The highest BCUT2D eigenvalue weighted by Crippen LogP contribution is 2.71. The molecule has 4 aliphatic rings. The predicted octanol–water partition coefficient (Wildman–Crippen LogP) is 3.41. The highest BCUT2D eigenvalue weighted by atomic mass is 19.1. The lowest BCUT2D eigenvalue weighted by Gasteiger charge is -2.63. The number of carbonyl (C=O) groups is 3. The number of hydrogen-bond acceptors (Lipinski definition) is 7. The van der Waals surface area contributed by atoms with Gasteiger partial charge in [-0.2, -0.15) is 0 Å². The zero-order valence-corrected chi connectivity index (χ0v) is 20.6. The molecule has 0 aromatic rings. The van der Waals surface area contributed by atoms with E-state index in [0.717, 1.165) is 6.08 Å². The number of rotatable bonds is 5. The summed E-state index contributed by atoms with van der Waals surface area (Å²) in [4.78, 5) is 37.8. The molecule has 0 heterocycles. The van der Waals surface area contributed by atoms with E-state index in [4.69, 9.17) is 9.47 Å². The first-order valence-electron chi connectivity index (χ1n) is 12.3. The van der Waals surface area contributed by atoms with E-state index < -0.39 is 76.5 Å². The van der Waals surface area contributed by atoms with Crippen LogP contribution in [0, 0.1) is 28.6 Å². The van der Waals surface area contributed by atoms with Crippen LogP contribution in [0.5, 0.6) is 0 Å². The minimum Gasteiger partial charge on any atom is -0.434 e. The van der Waals surface area contributed by atoms with Crippen LogP contribution < -0.4 is 0 Å². The summed E-state index contributed by atoms with van der Waals surface area (Å²) in [6.07, 6.45) is -0.487. The number of ether oxygens (including phenoxy) is 2. The van der Waals surface area contributed by atoms with E-state index in [1.165, 1.54) is 19.1 Å². The highest BCUT2D eigenvalue weighted by molar-refractivity contribution is 6.01. The SMILES string of the molecule is CCCOC(=O)O[C@]1(C(=O)CO)[C@H](C)C[C@H]2[C@@H]3C[C@H](F)C4=CC(=O)C=C[C@]4(C)[C@@]3(F)[C@@H](O)C[C@@]21C. The Kier molecular flexibility index (Phi) is 6.28. The maximum atomic E-state index is 17.2. The van der Waals surface area contributed by atoms with Crippen molar-refractivity contribution in [3.8, 4) is 0 Å². The lowest BCUT2D eigenvalue weighted by molar-refractivity contribution is -0.226. The summed E-state index contributed by atoms with van der Waals surface area (Å²) < 4.78 is 43.6. The largest absolute Gasteiger partial charge is 0.509 e. The highest BCUT2D eigenvalue weighted by Gasteiger charge is 2.78. The first-order chi connectivity index (χ1) is 16.3. The minimum absolute atomic E-state index is 0.00883. The number of aliphatic hydroxyl groups is 2. The first-order valence-corrected chi connectivity index (χ1v) is 12.3. The van der Waals surface area contributed by atoms with Crippen LogP contribution in [-0.4, -0.2) is 64.7 Å². The standard InChI is InChI=1S/C26H34F2O7/c1-5-8-34-22(33)35-26(21(32)13-29)14(2)9-16-17-11-19(27)18-10-15(30)6-7-23(18,3)25(17,28)20(31)12-24(16,26)4/h6-7,10,14,16-17,19-20,29,31H,5,8-9,11-13H2,1-4H3/t14-,16+,17+,19+,20+,23+,24+,25+,26+/m1/s1. The molecule has 35 heavy (non-hydrogen) atoms. The number of Topliss-reactive ketones (excluding diaryl/α,β-unsaturated/α-hetero) is 1. The van der Waals surface area contributed by atoms with Gasteiger partial charge in [-0.3, -0.25) is 9.59 Å². The maximum Gasteiger partial charge on any atom is 0.509 e. The number of halogens is 2. The van der Waals surface area contributed by atoms with Gasteiger partial charge in [0.2, 0.25) is 5.78 Å². The Balaban J connectivity index is 1.83. The molecule has 3 saturated carbocycles. The fourth-order valence-electron chi connectivity index (χ4n) is 7.86. The number of alkyl halides is 2. The van der Waals surface area contributed by atoms with Gasteiger partial charge in [-0.15, -0.1) is 0 Å². The number of aliphatic hydroxyl groups excluding tert-OH is 2. The molecular formula is C26H34F2O7. The van der Waals surface area contributed by atoms with Crippen molar-refractivity contribution in [1.29, 1.82) is 0 Å². The average molecular weight is 497 g/mol. The molecule has 0 bridgehead atoms. The second-order valence-electron chi connectivity index (χ2n) is 11.0. The van der Waals surface area contributed by atoms with Gasteiger partial charge in [0.05, 0.1) is 12.7 Å². The van der Waals surface area contributed by atoms with Crippen molar-refractivity contribution >= 4 is 17.7 Å². The lowest BCUT2D eigenvalue weighted by atomic mass is 9.44. The number of allylic oxidation sites excluding steroid dienone is 4. The van der Waals surface area contributed by atoms with E-state index in [1.54, 1.807) is 20.8 Å².